The molecule has 1 fully saturated rings. The lowest BCUT2D eigenvalue weighted by atomic mass is 9.97. The Kier molecular flexibility index (Phi) is 4.59. The third-order valence-corrected chi connectivity index (χ3v) is 3.34. The molecule has 2 atom stereocenters. The highest BCUT2D eigenvalue weighted by Crippen LogP contribution is 2.20. The fourth-order valence-corrected chi connectivity index (χ4v) is 2.38. The van der Waals surface area contributed by atoms with Gasteiger partial charge in [-0.3, -0.25) is 4.79 Å². The van der Waals surface area contributed by atoms with E-state index < -0.39 is 5.97 Å². The predicted octanol–water partition coefficient (Wildman–Crippen LogP) is 1.91. The van der Waals surface area contributed by atoms with E-state index in [4.69, 9.17) is 9.84 Å². The molecule has 1 aromatic carbocycles. The summed E-state index contributed by atoms with van der Waals surface area (Å²) in [5, 5.41) is 12.3. The van der Waals surface area contributed by atoms with E-state index in [2.05, 4.69) is 5.32 Å². The molecule has 0 aromatic heterocycles. The number of carboxylic acids is 1. The number of carboxylic acid groups (broad SMARTS) is 1. The van der Waals surface area contributed by atoms with E-state index in [9.17, 15) is 4.79 Å². The lowest BCUT2D eigenvalue weighted by Crippen LogP contribution is -2.31. The molecule has 0 spiro atoms. The lowest BCUT2D eigenvalue weighted by Gasteiger charge is -2.15. The maximum atomic E-state index is 11.0. The van der Waals surface area contributed by atoms with Crippen molar-refractivity contribution in [1.82, 2.24) is 5.32 Å². The van der Waals surface area contributed by atoms with Crippen LogP contribution in [0.5, 0.6) is 5.75 Å². The zero-order chi connectivity index (χ0) is 12.8. The van der Waals surface area contributed by atoms with E-state index in [0.717, 1.165) is 31.6 Å². The van der Waals surface area contributed by atoms with Gasteiger partial charge in [-0.15, -0.1) is 0 Å². The molecule has 1 aromatic rings. The molecular formula is C14H19NO3. The SMILES string of the molecule is O=C(O)C1CCNC1CCCOc1ccccc1. The predicted molar refractivity (Wildman–Crippen MR) is 68.7 cm³/mol. The third-order valence-electron chi connectivity index (χ3n) is 3.34. The van der Waals surface area contributed by atoms with E-state index in [0.29, 0.717) is 6.61 Å². The van der Waals surface area contributed by atoms with Crippen LogP contribution in [-0.4, -0.2) is 30.3 Å². The van der Waals surface area contributed by atoms with Crippen LogP contribution in [0, 0.1) is 5.92 Å². The number of hydrogen-bond donors (Lipinski definition) is 2. The summed E-state index contributed by atoms with van der Waals surface area (Å²) >= 11 is 0. The summed E-state index contributed by atoms with van der Waals surface area (Å²) in [7, 11) is 0. The van der Waals surface area contributed by atoms with Crippen molar-refractivity contribution in [2.24, 2.45) is 5.92 Å². The first-order valence-electron chi connectivity index (χ1n) is 6.41. The first-order chi connectivity index (χ1) is 8.77. The molecule has 2 unspecified atom stereocenters. The van der Waals surface area contributed by atoms with Gasteiger partial charge in [-0.1, -0.05) is 18.2 Å². The second-order valence-corrected chi connectivity index (χ2v) is 4.60. The van der Waals surface area contributed by atoms with Crippen LogP contribution in [0.15, 0.2) is 30.3 Å². The largest absolute Gasteiger partial charge is 0.494 e. The van der Waals surface area contributed by atoms with Crippen LogP contribution in [0.1, 0.15) is 19.3 Å². The van der Waals surface area contributed by atoms with Gasteiger partial charge >= 0.3 is 5.97 Å². The number of rotatable bonds is 6. The van der Waals surface area contributed by atoms with Crippen molar-refractivity contribution in [1.29, 1.82) is 0 Å². The van der Waals surface area contributed by atoms with Crippen molar-refractivity contribution in [2.45, 2.75) is 25.3 Å². The Labute approximate surface area is 107 Å². The maximum absolute atomic E-state index is 11.0. The summed E-state index contributed by atoms with van der Waals surface area (Å²) in [5.74, 6) is -0.0534. The molecule has 98 valence electrons. The Morgan fingerprint density at radius 3 is 2.89 bits per heavy atom. The molecule has 1 saturated heterocycles. The van der Waals surface area contributed by atoms with Crippen molar-refractivity contribution in [3.8, 4) is 5.75 Å². The molecule has 18 heavy (non-hydrogen) atoms. The highest BCUT2D eigenvalue weighted by atomic mass is 16.5. The quantitative estimate of drug-likeness (QED) is 0.756. The second-order valence-electron chi connectivity index (χ2n) is 4.60. The van der Waals surface area contributed by atoms with Crippen molar-refractivity contribution in [3.05, 3.63) is 30.3 Å². The molecule has 4 nitrogen and oxygen atoms in total. The van der Waals surface area contributed by atoms with Crippen LogP contribution in [0.3, 0.4) is 0 Å². The fourth-order valence-electron chi connectivity index (χ4n) is 2.38. The van der Waals surface area contributed by atoms with Gasteiger partial charge in [0.05, 0.1) is 12.5 Å². The summed E-state index contributed by atoms with van der Waals surface area (Å²) in [5.41, 5.74) is 0. The third kappa shape index (κ3) is 3.47. The zero-order valence-electron chi connectivity index (χ0n) is 10.3. The average molecular weight is 249 g/mol. The molecule has 0 bridgehead atoms. The summed E-state index contributed by atoms with van der Waals surface area (Å²) in [6.45, 7) is 1.44. The average Bonchev–Trinajstić information content (AvgIpc) is 2.84. The van der Waals surface area contributed by atoms with Gasteiger partial charge in [0.15, 0.2) is 0 Å². The Morgan fingerprint density at radius 2 is 2.17 bits per heavy atom. The molecular weight excluding hydrogens is 230 g/mol. The minimum atomic E-state index is -0.686. The summed E-state index contributed by atoms with van der Waals surface area (Å²) < 4.78 is 5.59. The summed E-state index contributed by atoms with van der Waals surface area (Å²) in [6.07, 6.45) is 2.46. The molecule has 1 aliphatic heterocycles. The van der Waals surface area contributed by atoms with Crippen LogP contribution in [0.4, 0.5) is 0 Å². The number of para-hydroxylation sites is 1. The Hall–Kier alpha value is -1.55. The van der Waals surface area contributed by atoms with Gasteiger partial charge < -0.3 is 15.2 Å². The molecule has 2 N–H and O–H groups in total. The fraction of sp³-hybridized carbons (Fsp3) is 0.500. The first-order valence-corrected chi connectivity index (χ1v) is 6.41. The van der Waals surface area contributed by atoms with E-state index in [1.807, 2.05) is 30.3 Å². The molecule has 0 aliphatic carbocycles. The highest BCUT2D eigenvalue weighted by Gasteiger charge is 2.31. The Bertz CT molecular complexity index is 380. The minimum absolute atomic E-state index is 0.0990. The van der Waals surface area contributed by atoms with Crippen LogP contribution in [0.2, 0.25) is 0 Å². The Balaban J connectivity index is 1.68. The summed E-state index contributed by atoms with van der Waals surface area (Å²) in [4.78, 5) is 11.0. The number of hydrogen-bond acceptors (Lipinski definition) is 3. The number of benzene rings is 1. The summed E-state index contributed by atoms with van der Waals surface area (Å²) in [6, 6.07) is 9.78. The molecule has 0 amide bonds. The second kappa shape index (κ2) is 6.40. The van der Waals surface area contributed by atoms with Crippen molar-refractivity contribution < 1.29 is 14.6 Å². The van der Waals surface area contributed by atoms with Crippen LogP contribution in [-0.2, 0) is 4.79 Å². The molecule has 1 heterocycles. The van der Waals surface area contributed by atoms with Gasteiger partial charge in [-0.2, -0.15) is 0 Å². The van der Waals surface area contributed by atoms with E-state index in [1.54, 1.807) is 0 Å². The van der Waals surface area contributed by atoms with E-state index >= 15 is 0 Å². The van der Waals surface area contributed by atoms with Crippen molar-refractivity contribution >= 4 is 5.97 Å². The van der Waals surface area contributed by atoms with Crippen LogP contribution < -0.4 is 10.1 Å². The van der Waals surface area contributed by atoms with Crippen LogP contribution >= 0.6 is 0 Å². The highest BCUT2D eigenvalue weighted by molar-refractivity contribution is 5.71. The van der Waals surface area contributed by atoms with Gasteiger partial charge in [-0.25, -0.2) is 0 Å². The number of aliphatic carboxylic acids is 1. The van der Waals surface area contributed by atoms with Gasteiger partial charge in [0.1, 0.15) is 5.75 Å². The normalized spacial score (nSPS) is 22.9. The molecule has 1 aliphatic rings. The van der Waals surface area contributed by atoms with Gasteiger partial charge in [0.25, 0.3) is 0 Å². The van der Waals surface area contributed by atoms with E-state index in [-0.39, 0.29) is 12.0 Å². The smallest absolute Gasteiger partial charge is 0.308 e. The van der Waals surface area contributed by atoms with Crippen LogP contribution in [0.25, 0.3) is 0 Å². The minimum Gasteiger partial charge on any atom is -0.494 e. The number of ether oxygens (including phenoxy) is 1. The zero-order valence-corrected chi connectivity index (χ0v) is 10.3. The Morgan fingerprint density at radius 1 is 1.39 bits per heavy atom. The first kappa shape index (κ1) is 12.9. The standard InChI is InChI=1S/C14H19NO3/c16-14(17)12-8-9-15-13(12)7-4-10-18-11-5-2-1-3-6-11/h1-3,5-6,12-13,15H,4,7-10H2,(H,16,17). The van der Waals surface area contributed by atoms with Gasteiger partial charge in [-0.05, 0) is 37.9 Å². The molecule has 0 radical (unpaired) electrons. The lowest BCUT2D eigenvalue weighted by molar-refractivity contribution is -0.142. The van der Waals surface area contributed by atoms with Crippen molar-refractivity contribution in [2.75, 3.05) is 13.2 Å². The van der Waals surface area contributed by atoms with E-state index in [1.165, 1.54) is 0 Å². The van der Waals surface area contributed by atoms with Crippen molar-refractivity contribution in [3.63, 3.8) is 0 Å². The van der Waals surface area contributed by atoms with Gasteiger partial charge in [0, 0.05) is 6.04 Å². The number of nitrogens with one attached hydrogen (secondary N) is 1. The maximum Gasteiger partial charge on any atom is 0.308 e. The topological polar surface area (TPSA) is 58.6 Å². The molecule has 4 heteroatoms. The monoisotopic (exact) mass is 249 g/mol. The molecule has 0 saturated carbocycles. The number of carbonyl (C=O) groups is 1. The molecule has 2 rings (SSSR count). The van der Waals surface area contributed by atoms with Gasteiger partial charge in [0.2, 0.25) is 0 Å².